The van der Waals surface area contributed by atoms with Gasteiger partial charge in [-0.2, -0.15) is 17.5 Å². The summed E-state index contributed by atoms with van der Waals surface area (Å²) < 4.78 is 71.0. The predicted molar refractivity (Wildman–Crippen MR) is 159 cm³/mol. The van der Waals surface area contributed by atoms with E-state index < -0.39 is 44.5 Å². The lowest BCUT2D eigenvalue weighted by Gasteiger charge is -2.30. The number of halogens is 3. The number of imide groups is 1. The smallest absolute Gasteiger partial charge is 0.274 e. The van der Waals surface area contributed by atoms with E-state index in [1.807, 2.05) is 25.1 Å². The maximum atomic E-state index is 14.0. The lowest BCUT2D eigenvalue weighted by atomic mass is 9.98. The maximum absolute atomic E-state index is 14.0. The van der Waals surface area contributed by atoms with Gasteiger partial charge in [-0.3, -0.25) is 19.5 Å². The first-order valence-electron chi connectivity index (χ1n) is 14.1. The van der Waals surface area contributed by atoms with Gasteiger partial charge >= 0.3 is 6.18 Å². The first-order chi connectivity index (χ1) is 20.9. The molecule has 2 heterocycles. The highest BCUT2D eigenvalue weighted by Crippen LogP contribution is 2.38. The molecule has 0 N–H and O–H groups in total. The summed E-state index contributed by atoms with van der Waals surface area (Å²) in [5.41, 5.74) is 2.58. The Bertz CT molecular complexity index is 1790. The summed E-state index contributed by atoms with van der Waals surface area (Å²) in [4.78, 5) is 29.9. The minimum atomic E-state index is -4.89. The van der Waals surface area contributed by atoms with Crippen LogP contribution in [0, 0.1) is 6.92 Å². The summed E-state index contributed by atoms with van der Waals surface area (Å²) in [5.74, 6) is -0.850. The van der Waals surface area contributed by atoms with Gasteiger partial charge in [-0.05, 0) is 85.3 Å². The van der Waals surface area contributed by atoms with Crippen molar-refractivity contribution in [1.29, 1.82) is 0 Å². The number of carbonyl (C=O) groups excluding carboxylic acids is 2. The number of benzene rings is 3. The van der Waals surface area contributed by atoms with Gasteiger partial charge in [0.15, 0.2) is 0 Å². The molecule has 1 atom stereocenters. The van der Waals surface area contributed by atoms with Crippen LogP contribution in [-0.4, -0.2) is 47.5 Å². The number of hydrogen-bond acceptors (Lipinski definition) is 5. The summed E-state index contributed by atoms with van der Waals surface area (Å²) in [7, 11) is -4.66. The van der Waals surface area contributed by atoms with Crippen LogP contribution in [0.2, 0.25) is 0 Å². The molecule has 5 rings (SSSR count). The van der Waals surface area contributed by atoms with Crippen LogP contribution < -0.4 is 0 Å². The Kier molecular flexibility index (Phi) is 8.71. The molecule has 0 bridgehead atoms. The predicted octanol–water partition coefficient (Wildman–Crippen LogP) is 6.90. The van der Waals surface area contributed by atoms with Gasteiger partial charge < -0.3 is 0 Å². The van der Waals surface area contributed by atoms with E-state index in [9.17, 15) is 31.2 Å². The van der Waals surface area contributed by atoms with Crippen molar-refractivity contribution in [3.8, 4) is 11.1 Å². The van der Waals surface area contributed by atoms with Crippen molar-refractivity contribution in [1.82, 2.24) is 14.2 Å². The van der Waals surface area contributed by atoms with Crippen molar-refractivity contribution >= 4 is 21.8 Å². The second-order valence-electron chi connectivity index (χ2n) is 10.6. The number of hydrogen-bond donors (Lipinski definition) is 0. The number of aryl methyl sites for hydroxylation is 1. The SMILES string of the molecule is Cc1cnccc1-c1cccc(C(C)N(CCCCN2C(=O)c3ccccc3C2=O)S(=O)(=O)c2ccccc2C(F)(F)F)c1. The van der Waals surface area contributed by atoms with Crippen molar-refractivity contribution in [3.63, 3.8) is 0 Å². The lowest BCUT2D eigenvalue weighted by molar-refractivity contribution is -0.139. The lowest BCUT2D eigenvalue weighted by Crippen LogP contribution is -2.36. The highest BCUT2D eigenvalue weighted by atomic mass is 32.2. The molecule has 0 radical (unpaired) electrons. The number of amides is 2. The quantitative estimate of drug-likeness (QED) is 0.142. The molecule has 3 aromatic carbocycles. The summed E-state index contributed by atoms with van der Waals surface area (Å²) in [6.45, 7) is 3.44. The average Bonchev–Trinajstić information content (AvgIpc) is 3.25. The third-order valence-corrected chi connectivity index (χ3v) is 9.83. The summed E-state index contributed by atoms with van der Waals surface area (Å²) in [6.07, 6.45) is -1.08. The number of unbranched alkanes of at least 4 members (excludes halogenated alkanes) is 1. The second-order valence-corrected chi connectivity index (χ2v) is 12.5. The molecule has 4 aromatic rings. The first kappa shape index (κ1) is 31.1. The Balaban J connectivity index is 1.44. The maximum Gasteiger partial charge on any atom is 0.417 e. The molecular weight excluding hydrogens is 591 g/mol. The van der Waals surface area contributed by atoms with Crippen LogP contribution in [0.15, 0.2) is 96.2 Å². The number of carbonyl (C=O) groups is 2. The topological polar surface area (TPSA) is 87.7 Å². The zero-order valence-electron chi connectivity index (χ0n) is 24.1. The van der Waals surface area contributed by atoms with Gasteiger partial charge in [-0.1, -0.05) is 42.5 Å². The zero-order chi connectivity index (χ0) is 31.6. The number of fused-ring (bicyclic) bond motifs is 1. The third-order valence-electron chi connectivity index (χ3n) is 7.80. The number of alkyl halides is 3. The molecule has 0 saturated heterocycles. The van der Waals surface area contributed by atoms with Gasteiger partial charge in [0, 0.05) is 31.5 Å². The normalized spacial score (nSPS) is 14.3. The molecule has 1 aromatic heterocycles. The molecule has 44 heavy (non-hydrogen) atoms. The van der Waals surface area contributed by atoms with Gasteiger partial charge in [0.25, 0.3) is 11.8 Å². The Morgan fingerprint density at radius 1 is 0.864 bits per heavy atom. The molecule has 228 valence electrons. The monoisotopic (exact) mass is 621 g/mol. The molecule has 0 fully saturated rings. The van der Waals surface area contributed by atoms with Crippen molar-refractivity contribution in [2.45, 2.75) is 43.8 Å². The molecule has 0 spiro atoms. The zero-order valence-corrected chi connectivity index (χ0v) is 24.9. The first-order valence-corrected chi connectivity index (χ1v) is 15.5. The Morgan fingerprint density at radius 2 is 1.52 bits per heavy atom. The van der Waals surface area contributed by atoms with E-state index in [1.165, 1.54) is 6.07 Å². The van der Waals surface area contributed by atoms with Gasteiger partial charge in [0.05, 0.1) is 21.6 Å². The van der Waals surface area contributed by atoms with E-state index in [-0.39, 0.29) is 25.9 Å². The molecule has 1 unspecified atom stereocenters. The van der Waals surface area contributed by atoms with Crippen LogP contribution in [-0.2, 0) is 16.2 Å². The fourth-order valence-corrected chi connectivity index (χ4v) is 7.36. The van der Waals surface area contributed by atoms with Crippen LogP contribution in [0.4, 0.5) is 13.2 Å². The Hall–Kier alpha value is -4.35. The van der Waals surface area contributed by atoms with Gasteiger partial charge in [0.1, 0.15) is 0 Å². The highest BCUT2D eigenvalue weighted by molar-refractivity contribution is 7.89. The molecular formula is C33H30F3N3O4S. The summed E-state index contributed by atoms with van der Waals surface area (Å²) >= 11 is 0. The van der Waals surface area contributed by atoms with Gasteiger partial charge in [-0.25, -0.2) is 8.42 Å². The van der Waals surface area contributed by atoms with E-state index >= 15 is 0 Å². The van der Waals surface area contributed by atoms with Gasteiger partial charge in [-0.15, -0.1) is 0 Å². The van der Waals surface area contributed by atoms with Crippen LogP contribution >= 0.6 is 0 Å². The number of nitrogens with zero attached hydrogens (tertiary/aromatic N) is 3. The van der Waals surface area contributed by atoms with E-state index in [0.717, 1.165) is 44.1 Å². The molecule has 1 aliphatic rings. The molecule has 0 saturated carbocycles. The number of aromatic nitrogens is 1. The molecule has 2 amide bonds. The average molecular weight is 622 g/mol. The van der Waals surface area contributed by atoms with E-state index in [0.29, 0.717) is 16.7 Å². The van der Waals surface area contributed by atoms with Crippen LogP contribution in [0.25, 0.3) is 11.1 Å². The minimum absolute atomic E-state index is 0.0462. The van der Waals surface area contributed by atoms with Gasteiger partial charge in [0.2, 0.25) is 10.0 Å². The fourth-order valence-electron chi connectivity index (χ4n) is 5.48. The van der Waals surface area contributed by atoms with E-state index in [1.54, 1.807) is 55.7 Å². The highest BCUT2D eigenvalue weighted by Gasteiger charge is 2.40. The Labute approximate surface area is 254 Å². The Morgan fingerprint density at radius 3 is 2.18 bits per heavy atom. The third kappa shape index (κ3) is 6.02. The molecule has 1 aliphatic heterocycles. The summed E-state index contributed by atoms with van der Waals surface area (Å²) in [6, 6.07) is 18.8. The molecule has 0 aliphatic carbocycles. The second kappa shape index (κ2) is 12.3. The van der Waals surface area contributed by atoms with Crippen molar-refractivity contribution in [2.75, 3.05) is 13.1 Å². The van der Waals surface area contributed by atoms with Crippen molar-refractivity contribution in [3.05, 3.63) is 119 Å². The fraction of sp³-hybridized carbons (Fsp3) is 0.242. The minimum Gasteiger partial charge on any atom is -0.274 e. The van der Waals surface area contributed by atoms with Crippen LogP contribution in [0.1, 0.15) is 63.2 Å². The van der Waals surface area contributed by atoms with Crippen molar-refractivity contribution < 1.29 is 31.2 Å². The van der Waals surface area contributed by atoms with Crippen LogP contribution in [0.3, 0.4) is 0 Å². The van der Waals surface area contributed by atoms with E-state index in [4.69, 9.17) is 0 Å². The number of sulfonamides is 1. The van der Waals surface area contributed by atoms with Crippen LogP contribution in [0.5, 0.6) is 0 Å². The number of rotatable bonds is 10. The largest absolute Gasteiger partial charge is 0.417 e. The van der Waals surface area contributed by atoms with E-state index in [2.05, 4.69) is 4.98 Å². The molecule has 11 heteroatoms. The number of pyridine rings is 1. The standard InChI is InChI=1S/C33H30F3N3O4S/c1-22-21-37-17-16-26(22)25-11-9-10-24(20-25)23(2)39(44(42,43)30-15-6-5-14-29(30)33(34,35)36)19-8-7-18-38-31(40)27-12-3-4-13-28(27)32(38)41/h3-6,9-17,20-21,23H,7-8,18-19H2,1-2H3. The molecule has 7 nitrogen and oxygen atoms in total. The summed E-state index contributed by atoms with van der Waals surface area (Å²) in [5, 5.41) is 0. The van der Waals surface area contributed by atoms with Crippen molar-refractivity contribution in [2.24, 2.45) is 0 Å².